The molecule has 2 aromatic heterocycles. The summed E-state index contributed by atoms with van der Waals surface area (Å²) in [5.41, 5.74) is 8.78. The normalized spacial score (nSPS) is 14.5. The van der Waals surface area contributed by atoms with Crippen LogP contribution in [0.5, 0.6) is 0 Å². The molecular weight excluding hydrogens is 758 g/mol. The van der Waals surface area contributed by atoms with Crippen LogP contribution in [-0.2, 0) is 31.4 Å². The van der Waals surface area contributed by atoms with Gasteiger partial charge in [0.05, 0.1) is 32.6 Å². The summed E-state index contributed by atoms with van der Waals surface area (Å²) in [6, 6.07) is 11.4. The van der Waals surface area contributed by atoms with E-state index in [1.807, 2.05) is 48.8 Å². The number of aromatic nitrogens is 4. The van der Waals surface area contributed by atoms with Crippen LogP contribution in [0.1, 0.15) is 36.9 Å². The fraction of sp³-hybridized carbons (Fsp3) is 0.412. The van der Waals surface area contributed by atoms with Gasteiger partial charge in [-0.3, -0.25) is 14.3 Å². The quantitative estimate of drug-likeness (QED) is 0.104. The average Bonchev–Trinajstić information content (AvgIpc) is 3.40. The highest BCUT2D eigenvalue weighted by Crippen LogP contribution is 2.50. The van der Waals surface area contributed by atoms with Crippen LogP contribution in [0.25, 0.3) is 10.9 Å². The molecular formula is C34H44N9O6PS3. The van der Waals surface area contributed by atoms with Gasteiger partial charge < -0.3 is 20.7 Å². The number of hydrogen-bond donors (Lipinski definition) is 3. The Bertz CT molecular complexity index is 2110. The Labute approximate surface area is 318 Å². The lowest BCUT2D eigenvalue weighted by Crippen LogP contribution is -2.42. The zero-order valence-corrected chi connectivity index (χ0v) is 33.6. The fourth-order valence-corrected chi connectivity index (χ4v) is 10.1. The van der Waals surface area contributed by atoms with E-state index in [9.17, 15) is 22.8 Å². The molecule has 53 heavy (non-hydrogen) atoms. The molecule has 2 aromatic carbocycles. The van der Waals surface area contributed by atoms with Gasteiger partial charge in [0.15, 0.2) is 5.52 Å². The van der Waals surface area contributed by atoms with Gasteiger partial charge in [-0.25, -0.2) is 28.2 Å². The van der Waals surface area contributed by atoms with Crippen molar-refractivity contribution < 1.29 is 27.5 Å². The van der Waals surface area contributed by atoms with E-state index < -0.39 is 26.9 Å². The first-order chi connectivity index (χ1) is 25.2. The molecule has 1 aliphatic carbocycles. The van der Waals surface area contributed by atoms with Crippen molar-refractivity contribution in [2.45, 2.75) is 55.2 Å². The Hall–Kier alpha value is -3.80. The molecule has 15 nitrogen and oxygen atoms in total. The number of benzene rings is 2. The molecule has 2 atom stereocenters. The molecule has 1 aliphatic rings. The zero-order valence-electron chi connectivity index (χ0n) is 30.2. The monoisotopic (exact) mass is 801 g/mol. The van der Waals surface area contributed by atoms with Gasteiger partial charge >= 0.3 is 6.09 Å². The second kappa shape index (κ2) is 17.1. The van der Waals surface area contributed by atoms with E-state index in [-0.39, 0.29) is 55.4 Å². The van der Waals surface area contributed by atoms with Gasteiger partial charge in [0, 0.05) is 37.1 Å². The van der Waals surface area contributed by atoms with E-state index >= 15 is 0 Å². The van der Waals surface area contributed by atoms with Crippen molar-refractivity contribution in [1.82, 2.24) is 25.1 Å². The van der Waals surface area contributed by atoms with Crippen LogP contribution in [0.4, 0.5) is 27.9 Å². The summed E-state index contributed by atoms with van der Waals surface area (Å²) >= 11 is 0. The molecule has 284 valence electrons. The van der Waals surface area contributed by atoms with Crippen LogP contribution >= 0.6 is 30.2 Å². The maximum Gasteiger partial charge on any atom is 0.421 e. The summed E-state index contributed by atoms with van der Waals surface area (Å²) in [6.45, 7) is 5.68. The molecule has 1 saturated carbocycles. The number of anilines is 4. The van der Waals surface area contributed by atoms with E-state index in [1.165, 1.54) is 33.9 Å². The Morgan fingerprint density at radius 1 is 1.13 bits per heavy atom. The highest BCUT2D eigenvalue weighted by molar-refractivity contribution is 8.77. The average molecular weight is 802 g/mol. The number of hydrogen-bond acceptors (Lipinski definition) is 13. The first-order valence-electron chi connectivity index (χ1n) is 16.8. The van der Waals surface area contributed by atoms with Gasteiger partial charge in [-0.05, 0) is 88.3 Å². The molecule has 1 unspecified atom stereocenters. The summed E-state index contributed by atoms with van der Waals surface area (Å²) in [6.07, 6.45) is 3.48. The highest BCUT2D eigenvalue weighted by atomic mass is 33.1. The molecule has 0 radical (unpaired) electrons. The van der Waals surface area contributed by atoms with Crippen molar-refractivity contribution >= 4 is 91.8 Å². The third kappa shape index (κ3) is 9.48. The number of sulfonamides is 1. The van der Waals surface area contributed by atoms with E-state index in [1.54, 1.807) is 31.8 Å². The summed E-state index contributed by atoms with van der Waals surface area (Å²) in [7, 11) is 2.43. The second-order valence-electron chi connectivity index (χ2n) is 12.8. The Morgan fingerprint density at radius 2 is 1.87 bits per heavy atom. The van der Waals surface area contributed by atoms with E-state index in [2.05, 4.69) is 15.4 Å². The number of carbonyl (C=O) groups is 3. The molecule has 0 aliphatic heterocycles. The number of amides is 2. The number of nitrogens with one attached hydrogen (secondary N) is 1. The van der Waals surface area contributed by atoms with E-state index in [0.717, 1.165) is 46.4 Å². The van der Waals surface area contributed by atoms with Gasteiger partial charge in [-0.15, -0.1) is 0 Å². The van der Waals surface area contributed by atoms with Crippen molar-refractivity contribution in [3.63, 3.8) is 0 Å². The summed E-state index contributed by atoms with van der Waals surface area (Å²) in [5, 5.41) is 13.9. The first kappa shape index (κ1) is 40.4. The van der Waals surface area contributed by atoms with Gasteiger partial charge in [-0.1, -0.05) is 42.7 Å². The Morgan fingerprint density at radius 3 is 2.53 bits per heavy atom. The molecule has 2 amide bonds. The van der Waals surface area contributed by atoms with Crippen LogP contribution in [0.15, 0.2) is 53.6 Å². The lowest BCUT2D eigenvalue weighted by molar-refractivity contribution is -0.122. The van der Waals surface area contributed by atoms with Gasteiger partial charge in [0.25, 0.3) is 0 Å². The van der Waals surface area contributed by atoms with Crippen molar-refractivity contribution in [3.8, 4) is 0 Å². The zero-order chi connectivity index (χ0) is 38.5. The minimum absolute atomic E-state index is 0.0177. The van der Waals surface area contributed by atoms with Gasteiger partial charge in [-0.2, -0.15) is 10.1 Å². The van der Waals surface area contributed by atoms with Gasteiger partial charge in [0.2, 0.25) is 21.9 Å². The standard InChI is InChI=1S/C34H44N9O6PS3/c1-21-7-8-24(18-28(21)53(36,47)48)43(32-37-16-12-29(39-32)41(3)23-9-10-25-22(2)42(4)40-27(25)17-23)33(46)49-20-34(13-6-14-34)52-51-19-30(44)38-26(11-15-35)31(45)50-5/h7-10,12,16-18,26,50H,6,11,13-15,19-20,35H2,1-5H3,(H,38,44)(H2,36,47,48)/t26-/m1/s1. The predicted molar refractivity (Wildman–Crippen MR) is 213 cm³/mol. The topological polar surface area (TPSA) is 209 Å². The number of nitrogens with zero attached hydrogens (tertiary/aromatic N) is 6. The summed E-state index contributed by atoms with van der Waals surface area (Å²) in [4.78, 5) is 50.9. The van der Waals surface area contributed by atoms with Gasteiger partial charge in [0.1, 0.15) is 12.4 Å². The van der Waals surface area contributed by atoms with Crippen molar-refractivity contribution in [3.05, 3.63) is 59.9 Å². The summed E-state index contributed by atoms with van der Waals surface area (Å²) in [5.74, 6) is 0.240. The molecule has 0 saturated heterocycles. The SMILES string of the molecule is CPC(=O)[C@@H](CCN)NC(=O)CSSC1(COC(=O)N(c2ccc(C)c(S(N)(=O)=O)c2)c2nccc(N(C)c3ccc4c(C)n(C)nc4c3)n2)CCC1. The number of rotatable bonds is 16. The minimum Gasteiger partial charge on any atom is -0.447 e. The second-order valence-corrected chi connectivity index (χ2v) is 18.0. The van der Waals surface area contributed by atoms with Crippen molar-refractivity contribution in [1.29, 1.82) is 0 Å². The smallest absolute Gasteiger partial charge is 0.421 e. The van der Waals surface area contributed by atoms with E-state index in [0.29, 0.717) is 17.8 Å². The third-order valence-electron chi connectivity index (χ3n) is 9.10. The number of carbonyl (C=O) groups excluding carboxylic acids is 3. The van der Waals surface area contributed by atoms with Crippen LogP contribution in [0, 0.1) is 13.8 Å². The predicted octanol–water partition coefficient (Wildman–Crippen LogP) is 4.64. The van der Waals surface area contributed by atoms with E-state index in [4.69, 9.17) is 20.6 Å². The number of aryl methyl sites for hydroxylation is 3. The van der Waals surface area contributed by atoms with Crippen LogP contribution in [0.3, 0.4) is 0 Å². The Kier molecular flexibility index (Phi) is 13.0. The van der Waals surface area contributed by atoms with Crippen LogP contribution in [-0.4, -0.2) is 89.1 Å². The molecule has 5 N–H and O–H groups in total. The first-order valence-corrected chi connectivity index (χ1v) is 22.1. The molecule has 0 bridgehead atoms. The third-order valence-corrected chi connectivity index (χ3v) is 14.1. The Balaban J connectivity index is 1.37. The summed E-state index contributed by atoms with van der Waals surface area (Å²) < 4.78 is 32.3. The molecule has 5 rings (SSSR count). The molecule has 1 fully saturated rings. The van der Waals surface area contributed by atoms with Crippen LogP contribution < -0.4 is 26.0 Å². The lowest BCUT2D eigenvalue weighted by Gasteiger charge is -2.40. The maximum atomic E-state index is 14.1. The lowest BCUT2D eigenvalue weighted by atomic mass is 9.85. The minimum atomic E-state index is -4.14. The highest BCUT2D eigenvalue weighted by Gasteiger charge is 2.40. The largest absolute Gasteiger partial charge is 0.447 e. The molecule has 19 heteroatoms. The number of ether oxygens (including phenoxy) is 1. The maximum absolute atomic E-state index is 14.1. The van der Waals surface area contributed by atoms with Crippen LogP contribution in [0.2, 0.25) is 0 Å². The molecule has 2 heterocycles. The molecule has 4 aromatic rings. The number of nitrogens with two attached hydrogens (primary N) is 2. The molecule has 0 spiro atoms. The fourth-order valence-electron chi connectivity index (χ4n) is 5.77. The van der Waals surface area contributed by atoms with Crippen molar-refractivity contribution in [2.24, 2.45) is 17.9 Å². The number of primary sulfonamides is 1. The van der Waals surface area contributed by atoms with Crippen molar-refractivity contribution in [2.75, 3.05) is 42.4 Å². The number of fused-ring (bicyclic) bond motifs is 1.